The lowest BCUT2D eigenvalue weighted by atomic mass is 9.95. The number of hydrogen-bond acceptors (Lipinski definition) is 3. The first-order valence-electron chi connectivity index (χ1n) is 10.3. The first-order valence-corrected chi connectivity index (χ1v) is 10.3. The zero-order valence-electron chi connectivity index (χ0n) is 17.3. The van der Waals surface area contributed by atoms with Crippen LogP contribution in [0.2, 0.25) is 0 Å². The Morgan fingerprint density at radius 2 is 1.61 bits per heavy atom. The van der Waals surface area contributed by atoms with Gasteiger partial charge in [-0.1, -0.05) is 60.7 Å². The molecule has 0 saturated carbocycles. The number of benzene rings is 3. The van der Waals surface area contributed by atoms with Crippen molar-refractivity contribution in [3.8, 4) is 0 Å². The molecule has 1 aromatic heterocycles. The summed E-state index contributed by atoms with van der Waals surface area (Å²) in [4.78, 5) is 28.1. The fourth-order valence-corrected chi connectivity index (χ4v) is 3.90. The lowest BCUT2D eigenvalue weighted by molar-refractivity contribution is 0.0937. The first-order chi connectivity index (χ1) is 15.0. The fourth-order valence-electron chi connectivity index (χ4n) is 3.90. The predicted octanol–water partition coefficient (Wildman–Crippen LogP) is 4.41. The fraction of sp³-hybridized carbons (Fsp3) is 0.154. The van der Waals surface area contributed by atoms with Crippen molar-refractivity contribution < 1.29 is 9.59 Å². The highest BCUT2D eigenvalue weighted by Gasteiger charge is 2.25. The summed E-state index contributed by atoms with van der Waals surface area (Å²) in [5.41, 5.74) is 9.42. The molecule has 2 atom stereocenters. The van der Waals surface area contributed by atoms with E-state index in [4.69, 9.17) is 5.73 Å². The molecule has 3 aromatic carbocycles. The number of hydrogen-bond donors (Lipinski definition) is 3. The number of fused-ring (bicyclic) bond motifs is 1. The van der Waals surface area contributed by atoms with Crippen LogP contribution in [0.15, 0.2) is 85.1 Å². The van der Waals surface area contributed by atoms with Gasteiger partial charge in [-0.25, -0.2) is 0 Å². The summed E-state index contributed by atoms with van der Waals surface area (Å²) in [6, 6.07) is 24.4. The quantitative estimate of drug-likeness (QED) is 0.375. The van der Waals surface area contributed by atoms with E-state index in [1.807, 2.05) is 66.7 Å². The van der Waals surface area contributed by atoms with Crippen LogP contribution < -0.4 is 11.1 Å². The lowest BCUT2D eigenvalue weighted by Gasteiger charge is -2.23. The second-order valence-corrected chi connectivity index (χ2v) is 7.79. The zero-order valence-corrected chi connectivity index (χ0v) is 17.3. The van der Waals surface area contributed by atoms with Crippen molar-refractivity contribution in [3.63, 3.8) is 0 Å². The van der Waals surface area contributed by atoms with Gasteiger partial charge in [-0.2, -0.15) is 0 Å². The molecule has 0 spiro atoms. The number of Topliss-reactive ketones (excluding diaryl/α,β-unsaturated/α-hetero) is 1. The minimum atomic E-state index is -0.472. The standard InChI is InChI=1S/C26H25N3O2/c1-17(15-18-11-13-20(14-12-18)26(27)31)29-24(19-7-3-2-4-8-19)25(30)22-16-28-23-10-6-5-9-21(22)23/h2-14,16-17,24,28-29H,15H2,1H3,(H2,27,31). The van der Waals surface area contributed by atoms with Crippen molar-refractivity contribution in [3.05, 3.63) is 107 Å². The molecule has 5 nitrogen and oxygen atoms in total. The van der Waals surface area contributed by atoms with Crippen molar-refractivity contribution in [2.45, 2.75) is 25.4 Å². The van der Waals surface area contributed by atoms with Crippen LogP contribution in [0.5, 0.6) is 0 Å². The normalized spacial score (nSPS) is 13.1. The van der Waals surface area contributed by atoms with Gasteiger partial charge in [0.05, 0.1) is 6.04 Å². The predicted molar refractivity (Wildman–Crippen MR) is 123 cm³/mol. The van der Waals surface area contributed by atoms with Gasteiger partial charge in [0, 0.05) is 34.3 Å². The molecule has 0 saturated heterocycles. The van der Waals surface area contributed by atoms with Crippen LogP contribution in [0.25, 0.3) is 10.9 Å². The van der Waals surface area contributed by atoms with E-state index in [9.17, 15) is 9.59 Å². The molecule has 2 unspecified atom stereocenters. The molecule has 0 aliphatic heterocycles. The van der Waals surface area contributed by atoms with Gasteiger partial charge in [0.15, 0.2) is 5.78 Å². The molecule has 0 bridgehead atoms. The van der Waals surface area contributed by atoms with Crippen molar-refractivity contribution >= 4 is 22.6 Å². The third-order valence-corrected chi connectivity index (χ3v) is 5.48. The van der Waals surface area contributed by atoms with Crippen LogP contribution in [0, 0.1) is 0 Å². The number of para-hydroxylation sites is 1. The summed E-state index contributed by atoms with van der Waals surface area (Å²) in [5, 5.41) is 4.44. The Balaban J connectivity index is 1.58. The topological polar surface area (TPSA) is 88.0 Å². The van der Waals surface area contributed by atoms with E-state index in [0.717, 1.165) is 22.0 Å². The summed E-state index contributed by atoms with van der Waals surface area (Å²) in [5.74, 6) is -0.411. The van der Waals surface area contributed by atoms with Crippen molar-refractivity contribution in [2.24, 2.45) is 5.73 Å². The average molecular weight is 412 g/mol. The summed E-state index contributed by atoms with van der Waals surface area (Å²) in [7, 11) is 0. The van der Waals surface area contributed by atoms with E-state index in [1.54, 1.807) is 18.3 Å². The van der Waals surface area contributed by atoms with E-state index in [1.165, 1.54) is 0 Å². The number of nitrogens with one attached hydrogen (secondary N) is 2. The molecule has 0 aliphatic rings. The van der Waals surface area contributed by atoms with Crippen LogP contribution in [0.4, 0.5) is 0 Å². The van der Waals surface area contributed by atoms with E-state index in [0.29, 0.717) is 17.5 Å². The number of aromatic amines is 1. The monoisotopic (exact) mass is 411 g/mol. The highest BCUT2D eigenvalue weighted by atomic mass is 16.1. The van der Waals surface area contributed by atoms with Crippen LogP contribution in [0.3, 0.4) is 0 Å². The number of primary amides is 1. The number of rotatable bonds is 8. The molecule has 1 heterocycles. The summed E-state index contributed by atoms with van der Waals surface area (Å²) < 4.78 is 0. The van der Waals surface area contributed by atoms with E-state index in [-0.39, 0.29) is 11.8 Å². The highest BCUT2D eigenvalue weighted by molar-refractivity contribution is 6.10. The maximum absolute atomic E-state index is 13.6. The van der Waals surface area contributed by atoms with Gasteiger partial charge in [-0.05, 0) is 42.7 Å². The number of amides is 1. The van der Waals surface area contributed by atoms with Crippen LogP contribution in [0.1, 0.15) is 44.8 Å². The average Bonchev–Trinajstić information content (AvgIpc) is 3.22. The van der Waals surface area contributed by atoms with Crippen LogP contribution in [-0.2, 0) is 6.42 Å². The van der Waals surface area contributed by atoms with Gasteiger partial charge >= 0.3 is 0 Å². The van der Waals surface area contributed by atoms with Crippen LogP contribution in [-0.4, -0.2) is 22.7 Å². The Morgan fingerprint density at radius 3 is 2.32 bits per heavy atom. The van der Waals surface area contributed by atoms with Gasteiger partial charge in [-0.15, -0.1) is 0 Å². The first kappa shape index (κ1) is 20.6. The molecule has 4 aromatic rings. The molecule has 0 radical (unpaired) electrons. The summed E-state index contributed by atoms with van der Waals surface area (Å²) >= 11 is 0. The third kappa shape index (κ3) is 4.57. The van der Waals surface area contributed by atoms with Crippen molar-refractivity contribution in [1.82, 2.24) is 10.3 Å². The molecule has 5 heteroatoms. The second-order valence-electron chi connectivity index (χ2n) is 7.79. The number of carbonyl (C=O) groups excluding carboxylic acids is 2. The van der Waals surface area contributed by atoms with Crippen molar-refractivity contribution in [1.29, 1.82) is 0 Å². The Bertz CT molecular complexity index is 1200. The van der Waals surface area contributed by atoms with Gasteiger partial charge in [-0.3, -0.25) is 9.59 Å². The Labute approximate surface area is 181 Å². The minimum absolute atomic E-state index is 0.0267. The van der Waals surface area contributed by atoms with E-state index in [2.05, 4.69) is 17.2 Å². The Morgan fingerprint density at radius 1 is 0.935 bits per heavy atom. The molecule has 156 valence electrons. The number of aromatic nitrogens is 1. The molecular weight excluding hydrogens is 386 g/mol. The summed E-state index contributed by atoms with van der Waals surface area (Å²) in [6.45, 7) is 2.06. The van der Waals surface area contributed by atoms with Gasteiger partial charge in [0.25, 0.3) is 0 Å². The molecule has 0 fully saturated rings. The summed E-state index contributed by atoms with van der Waals surface area (Å²) in [6.07, 6.45) is 2.50. The lowest BCUT2D eigenvalue weighted by Crippen LogP contribution is -2.36. The molecule has 31 heavy (non-hydrogen) atoms. The largest absolute Gasteiger partial charge is 0.366 e. The van der Waals surface area contributed by atoms with Gasteiger partial charge < -0.3 is 16.0 Å². The Hall–Kier alpha value is -3.70. The number of nitrogens with two attached hydrogens (primary N) is 1. The van der Waals surface area contributed by atoms with E-state index >= 15 is 0 Å². The number of H-pyrrole nitrogens is 1. The number of carbonyl (C=O) groups is 2. The van der Waals surface area contributed by atoms with Gasteiger partial charge in [0.1, 0.15) is 0 Å². The molecule has 4 N–H and O–H groups in total. The Kier molecular flexibility index (Phi) is 5.96. The van der Waals surface area contributed by atoms with E-state index < -0.39 is 11.9 Å². The maximum atomic E-state index is 13.6. The molecule has 1 amide bonds. The highest BCUT2D eigenvalue weighted by Crippen LogP contribution is 2.25. The van der Waals surface area contributed by atoms with Gasteiger partial charge in [0.2, 0.25) is 5.91 Å². The van der Waals surface area contributed by atoms with Crippen LogP contribution >= 0.6 is 0 Å². The maximum Gasteiger partial charge on any atom is 0.248 e. The molecule has 0 aliphatic carbocycles. The molecule has 4 rings (SSSR count). The zero-order chi connectivity index (χ0) is 21.8. The smallest absolute Gasteiger partial charge is 0.248 e. The minimum Gasteiger partial charge on any atom is -0.366 e. The van der Waals surface area contributed by atoms with Crippen molar-refractivity contribution in [2.75, 3.05) is 0 Å². The third-order valence-electron chi connectivity index (χ3n) is 5.48. The molecular formula is C26H25N3O2. The number of ketones is 1. The SMILES string of the molecule is CC(Cc1ccc(C(N)=O)cc1)NC(C(=O)c1c[nH]c2ccccc12)c1ccccc1. The second kappa shape index (κ2) is 8.98.